The molecule has 1 N–H and O–H groups in total. The molecule has 2 nitrogen and oxygen atoms in total. The number of aromatic hydroxyl groups is 1. The van der Waals surface area contributed by atoms with Crippen molar-refractivity contribution in [3.63, 3.8) is 0 Å². The third-order valence-corrected chi connectivity index (χ3v) is 3.79. The zero-order valence-electron chi connectivity index (χ0n) is 8.57. The number of benzene rings is 1. The highest BCUT2D eigenvalue weighted by atomic mass is 16.3. The van der Waals surface area contributed by atoms with Gasteiger partial charge in [-0.3, -0.25) is 4.79 Å². The second-order valence-electron chi connectivity index (χ2n) is 4.73. The van der Waals surface area contributed by atoms with E-state index in [-0.39, 0.29) is 11.8 Å². The first kappa shape index (κ1) is 8.96. The normalized spacial score (nSPS) is 28.7. The minimum absolute atomic E-state index is 0.220. The molecule has 1 fully saturated rings. The first-order valence-corrected chi connectivity index (χ1v) is 5.58. The van der Waals surface area contributed by atoms with E-state index in [1.165, 1.54) is 11.1 Å². The Morgan fingerprint density at radius 3 is 2.47 bits per heavy atom. The lowest BCUT2D eigenvalue weighted by molar-refractivity contribution is -0.123. The summed E-state index contributed by atoms with van der Waals surface area (Å²) in [5, 5.41) is 9.43. The molecule has 1 saturated carbocycles. The van der Waals surface area contributed by atoms with Gasteiger partial charge in [0.2, 0.25) is 0 Å². The van der Waals surface area contributed by atoms with Gasteiger partial charge in [0, 0.05) is 11.8 Å². The molecule has 0 saturated heterocycles. The van der Waals surface area contributed by atoms with Gasteiger partial charge in [-0.25, -0.2) is 0 Å². The molecule has 2 heteroatoms. The lowest BCUT2D eigenvalue weighted by Gasteiger charge is -2.11. The minimum atomic E-state index is 0.220. The fourth-order valence-electron chi connectivity index (χ4n) is 2.96. The van der Waals surface area contributed by atoms with Crippen molar-refractivity contribution in [2.75, 3.05) is 0 Å². The highest BCUT2D eigenvalue weighted by Gasteiger charge is 2.37. The average Bonchev–Trinajstić information content (AvgIpc) is 2.44. The number of hydrogen-bond acceptors (Lipinski definition) is 2. The zero-order chi connectivity index (χ0) is 10.4. The van der Waals surface area contributed by atoms with Gasteiger partial charge in [0.25, 0.3) is 0 Å². The Kier molecular flexibility index (Phi) is 1.84. The average molecular weight is 202 g/mol. The van der Waals surface area contributed by atoms with E-state index < -0.39 is 0 Å². The molecule has 0 radical (unpaired) electrons. The van der Waals surface area contributed by atoms with Crippen LogP contribution in [0.15, 0.2) is 18.2 Å². The van der Waals surface area contributed by atoms with Gasteiger partial charge in [0.1, 0.15) is 11.5 Å². The molecule has 0 amide bonds. The Morgan fingerprint density at radius 1 is 1.07 bits per heavy atom. The Labute approximate surface area is 88.9 Å². The molecule has 0 heterocycles. The van der Waals surface area contributed by atoms with Crippen LogP contribution in [0.3, 0.4) is 0 Å². The van der Waals surface area contributed by atoms with E-state index in [0.717, 1.165) is 25.7 Å². The maximum Gasteiger partial charge on any atom is 0.139 e. The van der Waals surface area contributed by atoms with Crippen LogP contribution in [0.2, 0.25) is 0 Å². The number of ketones is 1. The van der Waals surface area contributed by atoms with E-state index in [2.05, 4.69) is 0 Å². The van der Waals surface area contributed by atoms with Crippen molar-refractivity contribution in [2.45, 2.75) is 25.7 Å². The minimum Gasteiger partial charge on any atom is -0.508 e. The molecule has 78 valence electrons. The Balaban J connectivity index is 2.06. The van der Waals surface area contributed by atoms with E-state index in [9.17, 15) is 9.90 Å². The Morgan fingerprint density at radius 2 is 1.73 bits per heavy atom. The fourth-order valence-corrected chi connectivity index (χ4v) is 2.96. The van der Waals surface area contributed by atoms with Crippen molar-refractivity contribution in [3.05, 3.63) is 29.3 Å². The van der Waals surface area contributed by atoms with Crippen molar-refractivity contribution in [1.82, 2.24) is 0 Å². The van der Waals surface area contributed by atoms with E-state index in [0.29, 0.717) is 11.5 Å². The Hall–Kier alpha value is -1.31. The quantitative estimate of drug-likeness (QED) is 0.699. The molecule has 0 aliphatic heterocycles. The lowest BCUT2D eigenvalue weighted by Crippen LogP contribution is -2.13. The molecule has 3 rings (SSSR count). The lowest BCUT2D eigenvalue weighted by atomic mass is 9.93. The number of fused-ring (bicyclic) bond motifs is 3. The number of carbonyl (C=O) groups is 1. The van der Waals surface area contributed by atoms with Crippen molar-refractivity contribution in [3.8, 4) is 5.75 Å². The van der Waals surface area contributed by atoms with Crippen LogP contribution in [0.1, 0.15) is 24.0 Å². The standard InChI is InChI=1S/C13H14O2/c14-12-4-3-8-5-9-1-2-10(13(9)15)6-11(8)7-12/h3-4,7,9-10,14H,1-2,5-6H2/t9-,10-/m1/s1. The van der Waals surface area contributed by atoms with Crippen molar-refractivity contribution in [1.29, 1.82) is 0 Å². The summed E-state index contributed by atoms with van der Waals surface area (Å²) < 4.78 is 0. The maximum absolute atomic E-state index is 11.9. The van der Waals surface area contributed by atoms with Crippen molar-refractivity contribution in [2.24, 2.45) is 11.8 Å². The van der Waals surface area contributed by atoms with E-state index >= 15 is 0 Å². The fraction of sp³-hybridized carbons (Fsp3) is 0.462. The second kappa shape index (κ2) is 3.09. The summed E-state index contributed by atoms with van der Waals surface area (Å²) in [7, 11) is 0. The number of phenols is 1. The highest BCUT2D eigenvalue weighted by Crippen LogP contribution is 2.37. The predicted molar refractivity (Wildman–Crippen MR) is 56.7 cm³/mol. The molecular formula is C13H14O2. The number of rotatable bonds is 0. The molecule has 2 bridgehead atoms. The van der Waals surface area contributed by atoms with Crippen LogP contribution in [0, 0.1) is 11.8 Å². The molecule has 1 aromatic carbocycles. The summed E-state index contributed by atoms with van der Waals surface area (Å²) in [6.45, 7) is 0. The summed E-state index contributed by atoms with van der Waals surface area (Å²) in [6, 6.07) is 5.52. The zero-order valence-corrected chi connectivity index (χ0v) is 8.57. The van der Waals surface area contributed by atoms with Gasteiger partial charge in [-0.15, -0.1) is 0 Å². The van der Waals surface area contributed by atoms with Crippen LogP contribution in [0.25, 0.3) is 0 Å². The predicted octanol–water partition coefficient (Wildman–Crippen LogP) is 2.09. The van der Waals surface area contributed by atoms with Gasteiger partial charge in [-0.1, -0.05) is 6.07 Å². The summed E-state index contributed by atoms with van der Waals surface area (Å²) in [5.41, 5.74) is 2.43. The summed E-state index contributed by atoms with van der Waals surface area (Å²) in [4.78, 5) is 11.9. The molecule has 0 aromatic heterocycles. The number of Topliss-reactive ketones (excluding diaryl/α,β-unsaturated/α-hetero) is 1. The SMILES string of the molecule is O=C1[C@@H]2CC[C@@H]1Cc1cc(O)ccc1C2. The third kappa shape index (κ3) is 1.36. The molecule has 1 aromatic rings. The van der Waals surface area contributed by atoms with Crippen molar-refractivity contribution >= 4 is 5.78 Å². The van der Waals surface area contributed by atoms with Gasteiger partial charge in [0.05, 0.1) is 0 Å². The van der Waals surface area contributed by atoms with Crippen LogP contribution in [0.4, 0.5) is 0 Å². The first-order valence-electron chi connectivity index (χ1n) is 5.58. The monoisotopic (exact) mass is 202 g/mol. The maximum atomic E-state index is 11.9. The molecule has 15 heavy (non-hydrogen) atoms. The number of hydrogen-bond donors (Lipinski definition) is 1. The summed E-state index contributed by atoms with van der Waals surface area (Å²) >= 11 is 0. The largest absolute Gasteiger partial charge is 0.508 e. The molecule has 2 aliphatic rings. The second-order valence-corrected chi connectivity index (χ2v) is 4.73. The molecule has 2 atom stereocenters. The van der Waals surface area contributed by atoms with Crippen LogP contribution in [0.5, 0.6) is 5.75 Å². The van der Waals surface area contributed by atoms with Crippen LogP contribution >= 0.6 is 0 Å². The smallest absolute Gasteiger partial charge is 0.139 e. The van der Waals surface area contributed by atoms with Gasteiger partial charge in [-0.2, -0.15) is 0 Å². The van der Waals surface area contributed by atoms with E-state index in [1.54, 1.807) is 6.07 Å². The number of phenolic OH excluding ortho intramolecular Hbond substituents is 1. The topological polar surface area (TPSA) is 37.3 Å². The summed E-state index contributed by atoms with van der Waals surface area (Å²) in [5.74, 6) is 1.24. The first-order chi connectivity index (χ1) is 7.24. The van der Waals surface area contributed by atoms with Gasteiger partial charge < -0.3 is 5.11 Å². The third-order valence-electron chi connectivity index (χ3n) is 3.79. The molecule has 0 spiro atoms. The number of carbonyl (C=O) groups excluding carboxylic acids is 1. The van der Waals surface area contributed by atoms with E-state index in [4.69, 9.17) is 0 Å². The summed E-state index contributed by atoms with van der Waals surface area (Å²) in [6.07, 6.45) is 3.81. The molecule has 0 unspecified atom stereocenters. The highest BCUT2D eigenvalue weighted by molar-refractivity contribution is 5.86. The Bertz CT molecular complexity index is 423. The molecule has 2 aliphatic carbocycles. The van der Waals surface area contributed by atoms with Gasteiger partial charge in [-0.05, 0) is 48.9 Å². The van der Waals surface area contributed by atoms with Crippen LogP contribution < -0.4 is 0 Å². The van der Waals surface area contributed by atoms with Crippen molar-refractivity contribution < 1.29 is 9.90 Å². The van der Waals surface area contributed by atoms with Gasteiger partial charge in [0.15, 0.2) is 0 Å². The molecular weight excluding hydrogens is 188 g/mol. The van der Waals surface area contributed by atoms with Crippen LogP contribution in [-0.4, -0.2) is 10.9 Å². The van der Waals surface area contributed by atoms with Gasteiger partial charge >= 0.3 is 0 Å². The van der Waals surface area contributed by atoms with E-state index in [1.807, 2.05) is 12.1 Å². The van der Waals surface area contributed by atoms with Crippen LogP contribution in [-0.2, 0) is 17.6 Å².